The van der Waals surface area contributed by atoms with Crippen molar-refractivity contribution in [2.24, 2.45) is 0 Å². The van der Waals surface area contributed by atoms with Crippen LogP contribution in [0.25, 0.3) is 23.1 Å². The molecule has 0 amide bonds. The Morgan fingerprint density at radius 2 is 1.61 bits per heavy atom. The summed E-state index contributed by atoms with van der Waals surface area (Å²) in [6.45, 7) is 4.27. The third-order valence-corrected chi connectivity index (χ3v) is 4.34. The molecule has 0 saturated heterocycles. The molecule has 1 heterocycles. The van der Waals surface area contributed by atoms with E-state index in [-0.39, 0.29) is 0 Å². The van der Waals surface area contributed by atoms with Gasteiger partial charge >= 0.3 is 0 Å². The molecule has 2 heteroatoms. The van der Waals surface area contributed by atoms with Crippen LogP contribution >= 0.6 is 0 Å². The Bertz CT molecular complexity index is 859. The van der Waals surface area contributed by atoms with E-state index in [0.29, 0.717) is 0 Å². The van der Waals surface area contributed by atoms with Gasteiger partial charge in [0, 0.05) is 31.4 Å². The normalized spacial score (nSPS) is 11.3. The number of benzene rings is 2. The second kappa shape index (κ2) is 6.25. The van der Waals surface area contributed by atoms with Crippen molar-refractivity contribution in [1.82, 2.24) is 4.98 Å². The lowest BCUT2D eigenvalue weighted by Gasteiger charge is -2.11. The van der Waals surface area contributed by atoms with E-state index in [1.807, 2.05) is 6.20 Å². The molecule has 0 radical (unpaired) electrons. The molecule has 0 N–H and O–H groups in total. The molecule has 1 aromatic heterocycles. The highest BCUT2D eigenvalue weighted by molar-refractivity contribution is 5.92. The van der Waals surface area contributed by atoms with Gasteiger partial charge in [0.15, 0.2) is 0 Å². The summed E-state index contributed by atoms with van der Waals surface area (Å²) in [5, 5.41) is 1.21. The summed E-state index contributed by atoms with van der Waals surface area (Å²) in [6, 6.07) is 15.0. The van der Waals surface area contributed by atoms with Gasteiger partial charge in [0.25, 0.3) is 0 Å². The SMILES string of the molecule is Cc1ccc2c(/C=C/c3ccc(N(C)C)cc3)ccnc2c1C. The third kappa shape index (κ3) is 3.11. The minimum atomic E-state index is 1.09. The Balaban J connectivity index is 1.96. The first-order valence-corrected chi connectivity index (χ1v) is 7.86. The summed E-state index contributed by atoms with van der Waals surface area (Å²) < 4.78 is 0. The highest BCUT2D eigenvalue weighted by Crippen LogP contribution is 2.24. The molecule has 2 nitrogen and oxygen atoms in total. The molecule has 0 fully saturated rings. The average Bonchev–Trinajstić information content (AvgIpc) is 2.56. The lowest BCUT2D eigenvalue weighted by molar-refractivity contribution is 1.13. The predicted octanol–water partition coefficient (Wildman–Crippen LogP) is 5.09. The topological polar surface area (TPSA) is 16.1 Å². The summed E-state index contributed by atoms with van der Waals surface area (Å²) in [6.07, 6.45) is 6.22. The van der Waals surface area contributed by atoms with E-state index in [1.54, 1.807) is 0 Å². The number of hydrogen-bond acceptors (Lipinski definition) is 2. The molecule has 0 atom stereocenters. The van der Waals surface area contributed by atoms with Crippen molar-refractivity contribution in [1.29, 1.82) is 0 Å². The van der Waals surface area contributed by atoms with Crippen molar-refractivity contribution in [2.45, 2.75) is 13.8 Å². The van der Waals surface area contributed by atoms with E-state index in [2.05, 4.69) is 92.4 Å². The number of anilines is 1. The quantitative estimate of drug-likeness (QED) is 0.670. The lowest BCUT2D eigenvalue weighted by Crippen LogP contribution is -2.07. The van der Waals surface area contributed by atoms with Crippen molar-refractivity contribution in [3.63, 3.8) is 0 Å². The largest absolute Gasteiger partial charge is 0.378 e. The van der Waals surface area contributed by atoms with Crippen molar-refractivity contribution in [3.8, 4) is 0 Å². The van der Waals surface area contributed by atoms with E-state index in [1.165, 1.54) is 33.3 Å². The van der Waals surface area contributed by atoms with Crippen LogP contribution in [0.5, 0.6) is 0 Å². The van der Waals surface area contributed by atoms with Gasteiger partial charge in [-0.05, 0) is 54.3 Å². The van der Waals surface area contributed by atoms with Crippen molar-refractivity contribution >= 4 is 28.7 Å². The first-order valence-electron chi connectivity index (χ1n) is 7.86. The van der Waals surface area contributed by atoms with Crippen LogP contribution in [-0.2, 0) is 0 Å². The Labute approximate surface area is 138 Å². The molecule has 0 bridgehead atoms. The first-order chi connectivity index (χ1) is 11.1. The maximum atomic E-state index is 4.55. The molecule has 0 saturated carbocycles. The summed E-state index contributed by atoms with van der Waals surface area (Å²) in [5.74, 6) is 0. The Kier molecular flexibility index (Phi) is 4.16. The monoisotopic (exact) mass is 302 g/mol. The Morgan fingerprint density at radius 1 is 0.870 bits per heavy atom. The molecule has 0 aliphatic carbocycles. The molecule has 116 valence electrons. The Hall–Kier alpha value is -2.61. The zero-order chi connectivity index (χ0) is 16.4. The fourth-order valence-corrected chi connectivity index (χ4v) is 2.70. The van der Waals surface area contributed by atoms with Crippen LogP contribution in [0.4, 0.5) is 5.69 Å². The molecule has 23 heavy (non-hydrogen) atoms. The van der Waals surface area contributed by atoms with Crippen LogP contribution in [0.15, 0.2) is 48.7 Å². The molecule has 0 aliphatic rings. The van der Waals surface area contributed by atoms with Gasteiger partial charge in [0.2, 0.25) is 0 Å². The second-order valence-electron chi connectivity index (χ2n) is 6.12. The molecule has 2 aromatic carbocycles. The van der Waals surface area contributed by atoms with Crippen LogP contribution in [0.1, 0.15) is 22.3 Å². The number of fused-ring (bicyclic) bond motifs is 1. The lowest BCUT2D eigenvalue weighted by atomic mass is 10.0. The van der Waals surface area contributed by atoms with Gasteiger partial charge in [-0.2, -0.15) is 0 Å². The first kappa shape index (κ1) is 15.3. The fraction of sp³-hybridized carbons (Fsp3) is 0.190. The van der Waals surface area contributed by atoms with E-state index in [4.69, 9.17) is 0 Å². The van der Waals surface area contributed by atoms with Gasteiger partial charge in [-0.3, -0.25) is 4.98 Å². The Morgan fingerprint density at radius 3 is 2.30 bits per heavy atom. The van der Waals surface area contributed by atoms with Crippen molar-refractivity contribution in [2.75, 3.05) is 19.0 Å². The smallest absolute Gasteiger partial charge is 0.0739 e. The van der Waals surface area contributed by atoms with Crippen molar-refractivity contribution in [3.05, 3.63) is 70.9 Å². The summed E-state index contributed by atoms with van der Waals surface area (Å²) in [5.41, 5.74) is 7.25. The van der Waals surface area contributed by atoms with Crippen LogP contribution in [0.3, 0.4) is 0 Å². The summed E-state index contributed by atoms with van der Waals surface area (Å²) in [7, 11) is 4.11. The number of pyridine rings is 1. The average molecular weight is 302 g/mol. The molecule has 0 aliphatic heterocycles. The van der Waals surface area contributed by atoms with Crippen LogP contribution in [-0.4, -0.2) is 19.1 Å². The van der Waals surface area contributed by atoms with E-state index in [0.717, 1.165) is 5.52 Å². The maximum absolute atomic E-state index is 4.55. The highest BCUT2D eigenvalue weighted by Gasteiger charge is 2.04. The minimum absolute atomic E-state index is 1.09. The number of nitrogens with zero attached hydrogens (tertiary/aromatic N) is 2. The minimum Gasteiger partial charge on any atom is -0.378 e. The number of aryl methyl sites for hydroxylation is 2. The van der Waals surface area contributed by atoms with Gasteiger partial charge in [-0.1, -0.05) is 36.4 Å². The summed E-state index contributed by atoms with van der Waals surface area (Å²) in [4.78, 5) is 6.65. The molecular weight excluding hydrogens is 280 g/mol. The molecule has 3 rings (SSSR count). The summed E-state index contributed by atoms with van der Waals surface area (Å²) >= 11 is 0. The van der Waals surface area contributed by atoms with Gasteiger partial charge < -0.3 is 4.90 Å². The van der Waals surface area contributed by atoms with Crippen LogP contribution in [0, 0.1) is 13.8 Å². The van der Waals surface area contributed by atoms with E-state index >= 15 is 0 Å². The van der Waals surface area contributed by atoms with Gasteiger partial charge in [0.1, 0.15) is 0 Å². The van der Waals surface area contributed by atoms with E-state index < -0.39 is 0 Å². The van der Waals surface area contributed by atoms with E-state index in [9.17, 15) is 0 Å². The highest BCUT2D eigenvalue weighted by atomic mass is 15.1. The van der Waals surface area contributed by atoms with Gasteiger partial charge in [-0.15, -0.1) is 0 Å². The number of aromatic nitrogens is 1. The van der Waals surface area contributed by atoms with Crippen LogP contribution < -0.4 is 4.90 Å². The van der Waals surface area contributed by atoms with Crippen LogP contribution in [0.2, 0.25) is 0 Å². The molecule has 0 spiro atoms. The van der Waals surface area contributed by atoms with Gasteiger partial charge in [-0.25, -0.2) is 0 Å². The van der Waals surface area contributed by atoms with Gasteiger partial charge in [0.05, 0.1) is 5.52 Å². The fourth-order valence-electron chi connectivity index (χ4n) is 2.70. The molecule has 0 unspecified atom stereocenters. The zero-order valence-corrected chi connectivity index (χ0v) is 14.2. The predicted molar refractivity (Wildman–Crippen MR) is 101 cm³/mol. The van der Waals surface area contributed by atoms with Crippen molar-refractivity contribution < 1.29 is 0 Å². The standard InChI is InChI=1S/C21H22N2/c1-15-5-12-20-18(13-14-22-21(20)16(15)2)9-6-17-7-10-19(11-8-17)23(3)4/h5-14H,1-4H3/b9-6+. The zero-order valence-electron chi connectivity index (χ0n) is 14.2. The molecular formula is C21H22N2. The number of hydrogen-bond donors (Lipinski definition) is 0. The second-order valence-corrected chi connectivity index (χ2v) is 6.12. The molecule has 3 aromatic rings. The number of rotatable bonds is 3. The third-order valence-electron chi connectivity index (χ3n) is 4.34. The maximum Gasteiger partial charge on any atom is 0.0739 e.